The maximum Gasteiger partial charge on any atom is 0.324 e. The topological polar surface area (TPSA) is 99.3 Å². The molecule has 17 heavy (non-hydrogen) atoms. The lowest BCUT2D eigenvalue weighted by Crippen LogP contribution is -2.51. The summed E-state index contributed by atoms with van der Waals surface area (Å²) in [6.45, 7) is 3.16. The predicted octanol–water partition coefficient (Wildman–Crippen LogP) is 0.936. The van der Waals surface area contributed by atoms with E-state index in [-0.39, 0.29) is 11.3 Å². The third kappa shape index (κ3) is 3.07. The van der Waals surface area contributed by atoms with E-state index in [4.69, 9.17) is 5.11 Å². The van der Waals surface area contributed by atoms with Crippen LogP contribution in [0.25, 0.3) is 0 Å². The number of aromatic nitrogens is 1. The van der Waals surface area contributed by atoms with Crippen LogP contribution in [0, 0.1) is 0 Å². The molecule has 96 valence electrons. The van der Waals surface area contributed by atoms with Gasteiger partial charge in [0.05, 0.1) is 4.90 Å². The van der Waals surface area contributed by atoms with Gasteiger partial charge in [-0.3, -0.25) is 4.79 Å². The number of H-pyrrole nitrogens is 1. The standard InChI is InChI=1S/C10H16N2O4S/c1-3-5-10(2,9(13)14)12-17(15,16)8-4-6-11-7-8/h4,6-7,11-12H,3,5H2,1-2H3,(H,13,14). The van der Waals surface area contributed by atoms with E-state index >= 15 is 0 Å². The molecule has 1 heterocycles. The highest BCUT2D eigenvalue weighted by Crippen LogP contribution is 2.17. The van der Waals surface area contributed by atoms with Gasteiger partial charge in [0.2, 0.25) is 10.0 Å². The van der Waals surface area contributed by atoms with E-state index < -0.39 is 21.5 Å². The van der Waals surface area contributed by atoms with Crippen LogP contribution in [0.3, 0.4) is 0 Å². The summed E-state index contributed by atoms with van der Waals surface area (Å²) in [5, 5.41) is 9.09. The van der Waals surface area contributed by atoms with Crippen molar-refractivity contribution in [3.05, 3.63) is 18.5 Å². The molecule has 0 aliphatic rings. The second kappa shape index (κ2) is 4.89. The van der Waals surface area contributed by atoms with Gasteiger partial charge in [-0.2, -0.15) is 4.72 Å². The Kier molecular flexibility index (Phi) is 3.94. The maximum atomic E-state index is 11.9. The molecule has 1 aromatic heterocycles. The molecule has 3 N–H and O–H groups in total. The molecule has 1 atom stereocenters. The Morgan fingerprint density at radius 2 is 2.24 bits per heavy atom. The number of aliphatic carboxylic acids is 1. The van der Waals surface area contributed by atoms with Crippen LogP contribution >= 0.6 is 0 Å². The van der Waals surface area contributed by atoms with Gasteiger partial charge in [0.15, 0.2) is 0 Å². The van der Waals surface area contributed by atoms with Crippen LogP contribution in [0.2, 0.25) is 0 Å². The molecule has 7 heteroatoms. The van der Waals surface area contributed by atoms with Crippen molar-refractivity contribution in [2.24, 2.45) is 0 Å². The normalized spacial score (nSPS) is 15.4. The first-order valence-corrected chi connectivity index (χ1v) is 6.70. The molecule has 1 aromatic rings. The third-order valence-electron chi connectivity index (χ3n) is 2.46. The van der Waals surface area contributed by atoms with Gasteiger partial charge in [-0.15, -0.1) is 0 Å². The highest BCUT2D eigenvalue weighted by atomic mass is 32.2. The van der Waals surface area contributed by atoms with Gasteiger partial charge in [-0.05, 0) is 19.4 Å². The molecule has 1 rings (SSSR count). The average Bonchev–Trinajstić information content (AvgIpc) is 2.69. The zero-order valence-electron chi connectivity index (χ0n) is 9.73. The van der Waals surface area contributed by atoms with E-state index in [0.29, 0.717) is 6.42 Å². The van der Waals surface area contributed by atoms with E-state index in [0.717, 1.165) is 0 Å². The lowest BCUT2D eigenvalue weighted by atomic mass is 9.98. The lowest BCUT2D eigenvalue weighted by molar-refractivity contribution is -0.143. The molecule has 0 saturated carbocycles. The van der Waals surface area contributed by atoms with E-state index in [9.17, 15) is 13.2 Å². The fraction of sp³-hybridized carbons (Fsp3) is 0.500. The monoisotopic (exact) mass is 260 g/mol. The van der Waals surface area contributed by atoms with Gasteiger partial charge in [0.25, 0.3) is 0 Å². The van der Waals surface area contributed by atoms with E-state index in [2.05, 4.69) is 9.71 Å². The molecule has 0 radical (unpaired) electrons. The number of aromatic amines is 1. The fourth-order valence-electron chi connectivity index (χ4n) is 1.53. The smallest absolute Gasteiger partial charge is 0.324 e. The summed E-state index contributed by atoms with van der Waals surface area (Å²) in [5.41, 5.74) is -1.48. The minimum atomic E-state index is -3.80. The van der Waals surface area contributed by atoms with Crippen LogP contribution in [0.15, 0.2) is 23.4 Å². The van der Waals surface area contributed by atoms with Crippen molar-refractivity contribution in [2.75, 3.05) is 0 Å². The molecule has 0 aliphatic carbocycles. The first-order valence-electron chi connectivity index (χ1n) is 5.22. The molecular weight excluding hydrogens is 244 g/mol. The van der Waals surface area contributed by atoms with Crippen molar-refractivity contribution in [1.29, 1.82) is 0 Å². The Hall–Kier alpha value is -1.34. The summed E-state index contributed by atoms with van der Waals surface area (Å²) >= 11 is 0. The van der Waals surface area contributed by atoms with Gasteiger partial charge in [-0.25, -0.2) is 8.42 Å². The van der Waals surface area contributed by atoms with Crippen LogP contribution in [-0.4, -0.2) is 30.0 Å². The third-order valence-corrected chi connectivity index (χ3v) is 4.06. The molecule has 1 unspecified atom stereocenters. The van der Waals surface area contributed by atoms with Crippen LogP contribution < -0.4 is 4.72 Å². The molecule has 0 saturated heterocycles. The summed E-state index contributed by atoms with van der Waals surface area (Å²) < 4.78 is 26.0. The number of sulfonamides is 1. The van der Waals surface area contributed by atoms with Crippen molar-refractivity contribution in [2.45, 2.75) is 37.1 Å². The van der Waals surface area contributed by atoms with Crippen LogP contribution in [0.5, 0.6) is 0 Å². The van der Waals surface area contributed by atoms with Crippen molar-refractivity contribution < 1.29 is 18.3 Å². The second-order valence-corrected chi connectivity index (χ2v) is 5.72. The molecule has 0 amide bonds. The zero-order valence-corrected chi connectivity index (χ0v) is 10.5. The number of carboxylic acids is 1. The van der Waals surface area contributed by atoms with Crippen LogP contribution in [0.1, 0.15) is 26.7 Å². The molecule has 0 fully saturated rings. The SMILES string of the molecule is CCCC(C)(NS(=O)(=O)c1cc[nH]c1)C(=O)O. The molecule has 0 bridgehead atoms. The van der Waals surface area contributed by atoms with Crippen molar-refractivity contribution in [1.82, 2.24) is 9.71 Å². The number of hydrogen-bond donors (Lipinski definition) is 3. The Labute approximate surface area is 100 Å². The first-order chi connectivity index (χ1) is 7.82. The Morgan fingerprint density at radius 1 is 1.59 bits per heavy atom. The van der Waals surface area contributed by atoms with Gasteiger partial charge in [-0.1, -0.05) is 13.3 Å². The van der Waals surface area contributed by atoms with E-state index in [1.54, 1.807) is 6.92 Å². The number of rotatable bonds is 6. The van der Waals surface area contributed by atoms with Crippen molar-refractivity contribution >= 4 is 16.0 Å². The second-order valence-electron chi connectivity index (χ2n) is 4.04. The number of carbonyl (C=O) groups is 1. The molecule has 0 aliphatic heterocycles. The van der Waals surface area contributed by atoms with Crippen LogP contribution in [0.4, 0.5) is 0 Å². The maximum absolute atomic E-state index is 11.9. The highest BCUT2D eigenvalue weighted by molar-refractivity contribution is 7.89. The summed E-state index contributed by atoms with van der Waals surface area (Å²) in [4.78, 5) is 13.8. The summed E-state index contributed by atoms with van der Waals surface area (Å²) in [5.74, 6) is -1.18. The first kappa shape index (κ1) is 13.7. The quantitative estimate of drug-likeness (QED) is 0.708. The van der Waals surface area contributed by atoms with Crippen molar-refractivity contribution in [3.8, 4) is 0 Å². The summed E-state index contributed by atoms with van der Waals surface area (Å²) in [7, 11) is -3.80. The zero-order chi connectivity index (χ0) is 13.1. The predicted molar refractivity (Wildman–Crippen MR) is 62.1 cm³/mol. The fourth-order valence-corrected chi connectivity index (χ4v) is 2.90. The molecule has 6 nitrogen and oxygen atoms in total. The Balaban J connectivity index is 3.00. The number of hydrogen-bond acceptors (Lipinski definition) is 3. The van der Waals surface area contributed by atoms with Gasteiger partial charge in [0, 0.05) is 12.4 Å². The molecule has 0 aromatic carbocycles. The van der Waals surface area contributed by atoms with E-state index in [1.807, 2.05) is 0 Å². The molecular formula is C10H16N2O4S. The van der Waals surface area contributed by atoms with Crippen molar-refractivity contribution in [3.63, 3.8) is 0 Å². The largest absolute Gasteiger partial charge is 0.480 e. The summed E-state index contributed by atoms with van der Waals surface area (Å²) in [6.07, 6.45) is 3.56. The lowest BCUT2D eigenvalue weighted by Gasteiger charge is -2.25. The summed E-state index contributed by atoms with van der Waals surface area (Å²) in [6, 6.07) is 1.37. The Bertz CT molecular complexity index is 480. The number of nitrogens with one attached hydrogen (secondary N) is 2. The highest BCUT2D eigenvalue weighted by Gasteiger charge is 2.37. The minimum Gasteiger partial charge on any atom is -0.480 e. The average molecular weight is 260 g/mol. The van der Waals surface area contributed by atoms with Crippen LogP contribution in [-0.2, 0) is 14.8 Å². The van der Waals surface area contributed by atoms with Gasteiger partial charge >= 0.3 is 5.97 Å². The van der Waals surface area contributed by atoms with Gasteiger partial charge in [0.1, 0.15) is 5.54 Å². The van der Waals surface area contributed by atoms with E-state index in [1.165, 1.54) is 25.4 Å². The number of carboxylic acid groups (broad SMARTS) is 1. The van der Waals surface area contributed by atoms with Gasteiger partial charge < -0.3 is 10.1 Å². The Morgan fingerprint density at radius 3 is 2.65 bits per heavy atom. The minimum absolute atomic E-state index is 0.0288. The molecule has 0 spiro atoms.